The first-order valence-corrected chi connectivity index (χ1v) is 5.65. The Morgan fingerprint density at radius 1 is 0.500 bits per heavy atom. The Morgan fingerprint density at radius 3 is 0.643 bits per heavy atom. The first-order valence-electron chi connectivity index (χ1n) is 5.65. The fourth-order valence-electron chi connectivity index (χ4n) is 3.58. The van der Waals surface area contributed by atoms with Crippen LogP contribution in [-0.4, -0.2) is 28.7 Å². The topological polar surface area (TPSA) is 0 Å². The van der Waals surface area contributed by atoms with Crippen molar-refractivity contribution in [1.82, 2.24) is 0 Å². The van der Waals surface area contributed by atoms with Crippen LogP contribution in [0.25, 0.3) is 0 Å². The third-order valence-corrected chi connectivity index (χ3v) is 3.58. The molecule has 0 saturated carbocycles. The molecule has 0 saturated heterocycles. The minimum Gasteiger partial charge on any atom is -0.316 e. The Bertz CT molecular complexity index is 108. The zero-order chi connectivity index (χ0) is 10.8. The molecule has 0 N–H and O–H groups in total. The van der Waals surface area contributed by atoms with Crippen molar-refractivity contribution in [2.24, 2.45) is 0 Å². The summed E-state index contributed by atoms with van der Waals surface area (Å²) in [6, 6.07) is 2.83. The average molecular weight is 202 g/mol. The number of quaternary nitrogens is 1. The van der Waals surface area contributed by atoms with E-state index in [1.807, 2.05) is 0 Å². The van der Waals surface area contributed by atoms with Gasteiger partial charge in [-0.15, -0.1) is 0 Å². The Hall–Kier alpha value is -0.0400. The van der Waals surface area contributed by atoms with Crippen LogP contribution in [0.3, 0.4) is 0 Å². The molecular weight excluding hydrogens is 170 g/mol. The van der Waals surface area contributed by atoms with Crippen molar-refractivity contribution >= 4 is 0 Å². The van der Waals surface area contributed by atoms with E-state index in [-0.39, 0.29) is 7.43 Å². The van der Waals surface area contributed by atoms with Gasteiger partial charge < -0.3 is 4.48 Å². The Labute approximate surface area is 92.1 Å². The highest BCUT2D eigenvalue weighted by Crippen LogP contribution is 2.28. The fourth-order valence-corrected chi connectivity index (χ4v) is 3.58. The molecule has 0 bridgehead atoms. The lowest BCUT2D eigenvalue weighted by molar-refractivity contribution is -1.00. The van der Waals surface area contributed by atoms with E-state index >= 15 is 0 Å². The van der Waals surface area contributed by atoms with Crippen LogP contribution in [0.1, 0.15) is 62.8 Å². The molecule has 0 radical (unpaired) electrons. The van der Waals surface area contributed by atoms with E-state index in [1.165, 1.54) is 4.48 Å². The van der Waals surface area contributed by atoms with Crippen molar-refractivity contribution in [1.29, 1.82) is 0 Å². The van der Waals surface area contributed by atoms with E-state index in [2.05, 4.69) is 55.4 Å². The summed E-state index contributed by atoms with van der Waals surface area (Å²) in [4.78, 5) is 0. The third-order valence-electron chi connectivity index (χ3n) is 3.58. The van der Waals surface area contributed by atoms with Gasteiger partial charge >= 0.3 is 0 Å². The molecule has 0 aliphatic rings. The lowest BCUT2D eigenvalue weighted by Gasteiger charge is -2.52. The molecule has 1 heteroatoms. The Morgan fingerprint density at radius 2 is 0.643 bits per heavy atom. The van der Waals surface area contributed by atoms with Crippen LogP contribution in [-0.2, 0) is 0 Å². The van der Waals surface area contributed by atoms with Crippen molar-refractivity contribution in [3.8, 4) is 0 Å². The molecule has 0 atom stereocenters. The predicted octanol–water partition coefficient (Wildman–Crippen LogP) is 4.07. The van der Waals surface area contributed by atoms with Crippen LogP contribution in [0.4, 0.5) is 0 Å². The predicted molar refractivity (Wildman–Crippen MR) is 67.5 cm³/mol. The molecule has 0 aliphatic carbocycles. The molecule has 0 aromatic rings. The van der Waals surface area contributed by atoms with E-state index in [0.717, 1.165) is 0 Å². The average Bonchev–Trinajstić information content (AvgIpc) is 1.82. The Balaban J connectivity index is 0. The van der Waals surface area contributed by atoms with Crippen molar-refractivity contribution in [3.63, 3.8) is 0 Å². The minimum atomic E-state index is 0. The van der Waals surface area contributed by atoms with E-state index in [1.54, 1.807) is 0 Å². The standard InChI is InChI=1S/C12H28N.CH4/c1-9(2)13(10(3)4,11(5)6)12(7)8;/h9-12H,1-8H3;1H4/q+1;. The molecule has 0 heterocycles. The second-order valence-corrected chi connectivity index (χ2v) is 5.27. The maximum absolute atomic E-state index is 2.35. The molecule has 88 valence electrons. The highest BCUT2D eigenvalue weighted by molar-refractivity contribution is 4.61. The monoisotopic (exact) mass is 202 g/mol. The maximum Gasteiger partial charge on any atom is 0.0839 e. The van der Waals surface area contributed by atoms with Crippen LogP contribution in [0.2, 0.25) is 0 Å². The fraction of sp³-hybridized carbons (Fsp3) is 1.00. The van der Waals surface area contributed by atoms with E-state index < -0.39 is 0 Å². The second kappa shape index (κ2) is 5.75. The van der Waals surface area contributed by atoms with Crippen LogP contribution in [0.15, 0.2) is 0 Å². The van der Waals surface area contributed by atoms with E-state index in [0.29, 0.717) is 24.2 Å². The summed E-state index contributed by atoms with van der Waals surface area (Å²) in [5, 5.41) is 0. The molecule has 0 aromatic carbocycles. The van der Waals surface area contributed by atoms with Gasteiger partial charge in [0.2, 0.25) is 0 Å². The number of rotatable bonds is 4. The van der Waals surface area contributed by atoms with Crippen molar-refractivity contribution in [3.05, 3.63) is 0 Å². The molecule has 0 unspecified atom stereocenters. The van der Waals surface area contributed by atoms with Gasteiger partial charge in [0, 0.05) is 0 Å². The van der Waals surface area contributed by atoms with Gasteiger partial charge in [-0.25, -0.2) is 0 Å². The largest absolute Gasteiger partial charge is 0.316 e. The summed E-state index contributed by atoms with van der Waals surface area (Å²) in [6.45, 7) is 18.8. The highest BCUT2D eigenvalue weighted by atomic mass is 15.4. The van der Waals surface area contributed by atoms with Crippen molar-refractivity contribution in [2.75, 3.05) is 0 Å². The van der Waals surface area contributed by atoms with Gasteiger partial charge in [-0.3, -0.25) is 0 Å². The highest BCUT2D eigenvalue weighted by Gasteiger charge is 2.40. The summed E-state index contributed by atoms with van der Waals surface area (Å²) in [5.41, 5.74) is 0. The van der Waals surface area contributed by atoms with Crippen LogP contribution in [0, 0.1) is 0 Å². The van der Waals surface area contributed by atoms with Gasteiger partial charge in [0.15, 0.2) is 0 Å². The number of nitrogens with zero attached hydrogens (tertiary/aromatic N) is 1. The molecule has 0 fully saturated rings. The molecule has 1 nitrogen and oxygen atoms in total. The molecule has 0 rings (SSSR count). The van der Waals surface area contributed by atoms with E-state index in [9.17, 15) is 0 Å². The van der Waals surface area contributed by atoms with Crippen LogP contribution >= 0.6 is 0 Å². The smallest absolute Gasteiger partial charge is 0.0839 e. The van der Waals surface area contributed by atoms with Gasteiger partial charge in [0.05, 0.1) is 24.2 Å². The molecule has 0 amide bonds. The zero-order valence-electron chi connectivity index (χ0n) is 10.8. The normalized spacial score (nSPS) is 12.9. The number of hydrogen-bond acceptors (Lipinski definition) is 0. The summed E-state index contributed by atoms with van der Waals surface area (Å²) in [6.07, 6.45) is 0. The minimum absolute atomic E-state index is 0. The summed E-state index contributed by atoms with van der Waals surface area (Å²) in [7, 11) is 0. The summed E-state index contributed by atoms with van der Waals surface area (Å²) in [5.74, 6) is 0. The molecular formula is C13H32N+. The first kappa shape index (κ1) is 16.4. The van der Waals surface area contributed by atoms with Crippen LogP contribution in [0.5, 0.6) is 0 Å². The van der Waals surface area contributed by atoms with Gasteiger partial charge in [-0.1, -0.05) is 7.43 Å². The van der Waals surface area contributed by atoms with Gasteiger partial charge in [-0.2, -0.15) is 0 Å². The van der Waals surface area contributed by atoms with Crippen LogP contribution < -0.4 is 0 Å². The molecule has 0 spiro atoms. The van der Waals surface area contributed by atoms with Gasteiger partial charge in [-0.05, 0) is 55.4 Å². The lowest BCUT2D eigenvalue weighted by Crippen LogP contribution is -2.65. The summed E-state index contributed by atoms with van der Waals surface area (Å²) >= 11 is 0. The van der Waals surface area contributed by atoms with Crippen molar-refractivity contribution in [2.45, 2.75) is 87.0 Å². The molecule has 0 aromatic heterocycles. The lowest BCUT2D eigenvalue weighted by atomic mass is 10.0. The third kappa shape index (κ3) is 2.50. The van der Waals surface area contributed by atoms with E-state index in [4.69, 9.17) is 0 Å². The van der Waals surface area contributed by atoms with Crippen molar-refractivity contribution < 1.29 is 4.48 Å². The number of hydrogen-bond donors (Lipinski definition) is 0. The van der Waals surface area contributed by atoms with Gasteiger partial charge in [0.1, 0.15) is 0 Å². The molecule has 14 heavy (non-hydrogen) atoms. The summed E-state index contributed by atoms with van der Waals surface area (Å²) < 4.78 is 1.22. The first-order chi connectivity index (χ1) is 5.77. The molecule has 0 aliphatic heterocycles. The zero-order valence-corrected chi connectivity index (χ0v) is 10.8. The SMILES string of the molecule is C.CC(C)[N+](C(C)C)(C(C)C)C(C)C. The maximum atomic E-state index is 2.35. The Kier molecular flexibility index (Phi) is 6.73. The quantitative estimate of drug-likeness (QED) is 0.603. The second-order valence-electron chi connectivity index (χ2n) is 5.27. The van der Waals surface area contributed by atoms with Gasteiger partial charge in [0.25, 0.3) is 0 Å².